The quantitative estimate of drug-likeness (QED) is 0.340. The lowest BCUT2D eigenvalue weighted by atomic mass is 10.0. The number of hydrogen-bond acceptors (Lipinski definition) is 7. The Balaban J connectivity index is 1.92. The zero-order chi connectivity index (χ0) is 21.8. The second-order valence-electron chi connectivity index (χ2n) is 6.30. The molecule has 0 radical (unpaired) electrons. The summed E-state index contributed by atoms with van der Waals surface area (Å²) in [6.07, 6.45) is 0. The monoisotopic (exact) mass is 412 g/mol. The van der Waals surface area contributed by atoms with E-state index in [-0.39, 0.29) is 30.0 Å². The van der Waals surface area contributed by atoms with Crippen LogP contribution in [0.25, 0.3) is 10.9 Å². The summed E-state index contributed by atoms with van der Waals surface area (Å²) in [6, 6.07) is 9.88. The number of esters is 2. The number of halogens is 1. The Bertz CT molecular complexity index is 1160. The molecule has 0 amide bonds. The van der Waals surface area contributed by atoms with Crippen molar-refractivity contribution in [2.75, 3.05) is 6.61 Å². The maximum Gasteiger partial charge on any atom is 0.340 e. The molecule has 0 aliphatic rings. The molecule has 0 saturated carbocycles. The van der Waals surface area contributed by atoms with Gasteiger partial charge in [-0.05, 0) is 37.6 Å². The van der Waals surface area contributed by atoms with Crippen molar-refractivity contribution in [2.45, 2.75) is 20.5 Å². The fourth-order valence-electron chi connectivity index (χ4n) is 3.02. The third kappa shape index (κ3) is 4.09. The van der Waals surface area contributed by atoms with Crippen LogP contribution in [0.3, 0.4) is 0 Å². The van der Waals surface area contributed by atoms with Crippen molar-refractivity contribution in [1.82, 2.24) is 4.98 Å². The molecule has 0 bridgehead atoms. The summed E-state index contributed by atoms with van der Waals surface area (Å²) in [5, 5.41) is 11.5. The fourth-order valence-corrected chi connectivity index (χ4v) is 3.02. The molecule has 0 spiro atoms. The van der Waals surface area contributed by atoms with Gasteiger partial charge in [0.05, 0.1) is 33.9 Å². The molecule has 9 heteroatoms. The Morgan fingerprint density at radius 3 is 2.53 bits per heavy atom. The summed E-state index contributed by atoms with van der Waals surface area (Å²) in [4.78, 5) is 39.0. The molecular weight excluding hydrogens is 395 g/mol. The molecule has 154 valence electrons. The van der Waals surface area contributed by atoms with Crippen LogP contribution >= 0.6 is 0 Å². The van der Waals surface area contributed by atoms with E-state index in [1.54, 1.807) is 26.0 Å². The van der Waals surface area contributed by atoms with Gasteiger partial charge in [-0.3, -0.25) is 10.1 Å². The lowest BCUT2D eigenvalue weighted by Gasteiger charge is -2.14. The summed E-state index contributed by atoms with van der Waals surface area (Å²) in [6.45, 7) is 3.21. The van der Waals surface area contributed by atoms with E-state index in [1.807, 2.05) is 12.1 Å². The van der Waals surface area contributed by atoms with Gasteiger partial charge < -0.3 is 9.47 Å². The average Bonchev–Trinajstić information content (AvgIpc) is 2.71. The van der Waals surface area contributed by atoms with E-state index in [0.29, 0.717) is 11.1 Å². The van der Waals surface area contributed by atoms with E-state index >= 15 is 0 Å². The summed E-state index contributed by atoms with van der Waals surface area (Å²) in [7, 11) is 0. The standard InChI is InChI=1S/C21H17FN2O6/c1-3-29-21(26)19-12(2)14-6-4-5-7-16(14)23-17(19)11-30-20(25)13-8-9-18(24(27)28)15(22)10-13/h4-10H,3,11H2,1-2H3. The van der Waals surface area contributed by atoms with Gasteiger partial charge in [0, 0.05) is 11.5 Å². The molecule has 0 N–H and O–H groups in total. The molecule has 3 aromatic rings. The van der Waals surface area contributed by atoms with E-state index in [2.05, 4.69) is 4.98 Å². The highest BCUT2D eigenvalue weighted by atomic mass is 19.1. The number of ether oxygens (including phenoxy) is 2. The van der Waals surface area contributed by atoms with Gasteiger partial charge in [-0.25, -0.2) is 14.6 Å². The van der Waals surface area contributed by atoms with Crippen molar-refractivity contribution in [2.24, 2.45) is 0 Å². The van der Waals surface area contributed by atoms with Gasteiger partial charge in [0.25, 0.3) is 0 Å². The van der Waals surface area contributed by atoms with Crippen LogP contribution in [0, 0.1) is 22.9 Å². The molecule has 3 rings (SSSR count). The van der Waals surface area contributed by atoms with Crippen LogP contribution in [-0.2, 0) is 16.1 Å². The van der Waals surface area contributed by atoms with E-state index < -0.39 is 28.4 Å². The highest BCUT2D eigenvalue weighted by Gasteiger charge is 2.22. The van der Waals surface area contributed by atoms with Gasteiger partial charge in [0.15, 0.2) is 0 Å². The number of aryl methyl sites for hydroxylation is 1. The van der Waals surface area contributed by atoms with Gasteiger partial charge in [0.1, 0.15) is 6.61 Å². The third-order valence-corrected chi connectivity index (χ3v) is 4.43. The smallest absolute Gasteiger partial charge is 0.340 e. The molecule has 0 aliphatic carbocycles. The number of para-hydroxylation sites is 1. The zero-order valence-corrected chi connectivity index (χ0v) is 16.2. The molecular formula is C21H17FN2O6. The second kappa shape index (κ2) is 8.64. The van der Waals surface area contributed by atoms with Gasteiger partial charge in [-0.1, -0.05) is 18.2 Å². The fraction of sp³-hybridized carbons (Fsp3) is 0.190. The topological polar surface area (TPSA) is 109 Å². The van der Waals surface area contributed by atoms with Crippen molar-refractivity contribution in [3.8, 4) is 0 Å². The SMILES string of the molecule is CCOC(=O)c1c(COC(=O)c2ccc([N+](=O)[O-])c(F)c2)nc2ccccc2c1C. The van der Waals surface area contributed by atoms with Crippen molar-refractivity contribution >= 4 is 28.5 Å². The largest absolute Gasteiger partial charge is 0.462 e. The predicted octanol–water partition coefficient (Wildman–Crippen LogP) is 4.12. The molecule has 0 atom stereocenters. The first kappa shape index (κ1) is 20.8. The third-order valence-electron chi connectivity index (χ3n) is 4.43. The molecule has 1 aromatic heterocycles. The van der Waals surface area contributed by atoms with Crippen LogP contribution in [0.15, 0.2) is 42.5 Å². The second-order valence-corrected chi connectivity index (χ2v) is 6.30. The highest BCUT2D eigenvalue weighted by Crippen LogP contribution is 2.25. The van der Waals surface area contributed by atoms with Crippen molar-refractivity contribution in [1.29, 1.82) is 0 Å². The van der Waals surface area contributed by atoms with E-state index in [4.69, 9.17) is 9.47 Å². The number of nitrogens with zero attached hydrogens (tertiary/aromatic N) is 2. The minimum absolute atomic E-state index is 0.159. The van der Waals surface area contributed by atoms with Crippen LogP contribution in [0.1, 0.15) is 38.9 Å². The van der Waals surface area contributed by atoms with Crippen LogP contribution in [0.4, 0.5) is 10.1 Å². The maximum atomic E-state index is 13.8. The minimum atomic E-state index is -1.15. The summed E-state index contributed by atoms with van der Waals surface area (Å²) in [5.74, 6) is -2.66. The van der Waals surface area contributed by atoms with Gasteiger partial charge in [-0.15, -0.1) is 0 Å². The first-order valence-electron chi connectivity index (χ1n) is 8.99. The first-order chi connectivity index (χ1) is 14.3. The number of rotatable bonds is 6. The normalized spacial score (nSPS) is 10.6. The van der Waals surface area contributed by atoms with Crippen LogP contribution < -0.4 is 0 Å². The number of carbonyl (C=O) groups is 2. The van der Waals surface area contributed by atoms with Gasteiger partial charge >= 0.3 is 17.6 Å². The number of fused-ring (bicyclic) bond motifs is 1. The van der Waals surface area contributed by atoms with E-state index in [1.165, 1.54) is 0 Å². The van der Waals surface area contributed by atoms with Crippen molar-refractivity contribution < 1.29 is 28.4 Å². The molecule has 0 aliphatic heterocycles. The van der Waals surface area contributed by atoms with E-state index in [9.17, 15) is 24.1 Å². The molecule has 0 fully saturated rings. The summed E-state index contributed by atoms with van der Waals surface area (Å²) < 4.78 is 24.1. The Morgan fingerprint density at radius 1 is 1.13 bits per heavy atom. The number of pyridine rings is 1. The molecule has 1 heterocycles. The molecule has 0 saturated heterocycles. The van der Waals surface area contributed by atoms with Gasteiger partial charge in [0.2, 0.25) is 5.82 Å². The van der Waals surface area contributed by atoms with Crippen LogP contribution in [0.5, 0.6) is 0 Å². The lowest BCUT2D eigenvalue weighted by molar-refractivity contribution is -0.387. The lowest BCUT2D eigenvalue weighted by Crippen LogP contribution is -2.15. The number of carbonyl (C=O) groups excluding carboxylic acids is 2. The maximum absolute atomic E-state index is 13.8. The number of nitro benzene ring substituents is 1. The summed E-state index contributed by atoms with van der Waals surface area (Å²) >= 11 is 0. The number of aromatic nitrogens is 1. The zero-order valence-electron chi connectivity index (χ0n) is 16.2. The molecule has 8 nitrogen and oxygen atoms in total. The van der Waals surface area contributed by atoms with Crippen LogP contribution in [-0.4, -0.2) is 28.5 Å². The van der Waals surface area contributed by atoms with Gasteiger partial charge in [-0.2, -0.15) is 4.39 Å². The predicted molar refractivity (Wildman–Crippen MR) is 105 cm³/mol. The Hall–Kier alpha value is -3.88. The van der Waals surface area contributed by atoms with Crippen LogP contribution in [0.2, 0.25) is 0 Å². The van der Waals surface area contributed by atoms with Crippen molar-refractivity contribution in [3.05, 3.63) is 80.8 Å². The Labute approximate surface area is 170 Å². The Kier molecular flexibility index (Phi) is 6.01. The number of hydrogen-bond donors (Lipinski definition) is 0. The van der Waals surface area contributed by atoms with Crippen molar-refractivity contribution in [3.63, 3.8) is 0 Å². The highest BCUT2D eigenvalue weighted by molar-refractivity contribution is 5.98. The van der Waals surface area contributed by atoms with E-state index in [0.717, 1.165) is 23.6 Å². The molecule has 30 heavy (non-hydrogen) atoms. The number of benzene rings is 2. The molecule has 0 unspecified atom stereocenters. The first-order valence-corrected chi connectivity index (χ1v) is 8.99. The average molecular weight is 412 g/mol. The Morgan fingerprint density at radius 2 is 1.87 bits per heavy atom. The summed E-state index contributed by atoms with van der Waals surface area (Å²) in [5.41, 5.74) is 0.678. The molecule has 2 aromatic carbocycles. The number of nitro groups is 1. The minimum Gasteiger partial charge on any atom is -0.462 e.